The van der Waals surface area contributed by atoms with E-state index in [4.69, 9.17) is 4.74 Å². The maximum absolute atomic E-state index is 13.7. The van der Waals surface area contributed by atoms with Crippen molar-refractivity contribution in [1.82, 2.24) is 9.78 Å². The predicted octanol–water partition coefficient (Wildman–Crippen LogP) is 4.65. The first kappa shape index (κ1) is 21.8. The Bertz CT molecular complexity index is 1170. The number of amides is 1. The summed E-state index contributed by atoms with van der Waals surface area (Å²) >= 11 is 0. The number of rotatable bonds is 4. The highest BCUT2D eigenvalue weighted by Crippen LogP contribution is 2.37. The van der Waals surface area contributed by atoms with Gasteiger partial charge in [0, 0.05) is 24.0 Å². The molecule has 0 spiro atoms. The summed E-state index contributed by atoms with van der Waals surface area (Å²) in [5, 5.41) is 4.45. The first-order valence-corrected chi connectivity index (χ1v) is 11.0. The summed E-state index contributed by atoms with van der Waals surface area (Å²) in [6, 6.07) is 15.5. The number of aryl methyl sites for hydroxylation is 2. The van der Waals surface area contributed by atoms with Crippen LogP contribution in [-0.4, -0.2) is 34.8 Å². The summed E-state index contributed by atoms with van der Waals surface area (Å²) in [4.78, 5) is 28.2. The van der Waals surface area contributed by atoms with Crippen molar-refractivity contribution in [3.05, 3.63) is 77.1 Å². The van der Waals surface area contributed by atoms with Gasteiger partial charge in [0.25, 0.3) is 5.91 Å². The van der Waals surface area contributed by atoms with Crippen LogP contribution in [0.3, 0.4) is 0 Å². The SMILES string of the molecule is CCOC(=O)[C@]1(C)CCN(C(=O)c2ccc(-n3ccc(C)n3)cc2C)c2ccccc2C1. The molecule has 1 aliphatic rings. The molecule has 0 N–H and O–H groups in total. The third-order valence-corrected chi connectivity index (χ3v) is 6.19. The van der Waals surface area contributed by atoms with E-state index in [0.29, 0.717) is 31.6 Å². The highest BCUT2D eigenvalue weighted by molar-refractivity contribution is 6.07. The van der Waals surface area contributed by atoms with E-state index < -0.39 is 5.41 Å². The van der Waals surface area contributed by atoms with Crippen LogP contribution in [0.15, 0.2) is 54.7 Å². The van der Waals surface area contributed by atoms with Crippen LogP contribution in [0.1, 0.15) is 47.4 Å². The van der Waals surface area contributed by atoms with Crippen molar-refractivity contribution >= 4 is 17.6 Å². The van der Waals surface area contributed by atoms with Crippen LogP contribution in [0.4, 0.5) is 5.69 Å². The number of carbonyl (C=O) groups excluding carboxylic acids is 2. The molecule has 6 heteroatoms. The normalized spacial score (nSPS) is 18.1. The van der Waals surface area contributed by atoms with Crippen molar-refractivity contribution in [2.24, 2.45) is 5.41 Å². The highest BCUT2D eigenvalue weighted by Gasteiger charge is 2.39. The van der Waals surface area contributed by atoms with E-state index in [2.05, 4.69) is 5.10 Å². The van der Waals surface area contributed by atoms with Gasteiger partial charge in [-0.3, -0.25) is 9.59 Å². The number of fused-ring (bicyclic) bond motifs is 1. The topological polar surface area (TPSA) is 64.4 Å². The number of aromatic nitrogens is 2. The van der Waals surface area contributed by atoms with Gasteiger partial charge in [-0.05, 0) is 82.0 Å². The van der Waals surface area contributed by atoms with E-state index in [9.17, 15) is 9.59 Å². The fraction of sp³-hybridized carbons (Fsp3) is 0.346. The van der Waals surface area contributed by atoms with Crippen LogP contribution in [0, 0.1) is 19.3 Å². The number of nitrogens with zero attached hydrogens (tertiary/aromatic N) is 3. The molecule has 2 aromatic carbocycles. The number of hydrogen-bond acceptors (Lipinski definition) is 4. The van der Waals surface area contributed by atoms with Gasteiger partial charge in [-0.1, -0.05) is 18.2 Å². The molecule has 2 heterocycles. The standard InChI is InChI=1S/C26H29N3O3/c1-5-32-25(31)26(4)13-15-28(23-9-7-6-8-20(23)17-26)24(30)22-11-10-21(16-18(22)2)29-14-12-19(3)27-29/h6-12,14,16H,5,13,15,17H2,1-4H3/t26-/m1/s1. The Balaban J connectivity index is 1.67. The molecule has 3 aromatic rings. The lowest BCUT2D eigenvalue weighted by atomic mass is 9.81. The summed E-state index contributed by atoms with van der Waals surface area (Å²) in [5.41, 5.74) is 4.55. The van der Waals surface area contributed by atoms with Gasteiger partial charge in [0.1, 0.15) is 0 Å². The van der Waals surface area contributed by atoms with E-state index in [1.807, 2.05) is 87.1 Å². The number of hydrogen-bond donors (Lipinski definition) is 0. The molecule has 0 saturated heterocycles. The molecule has 1 amide bonds. The molecule has 32 heavy (non-hydrogen) atoms. The molecule has 4 rings (SSSR count). The highest BCUT2D eigenvalue weighted by atomic mass is 16.5. The van der Waals surface area contributed by atoms with Gasteiger partial charge < -0.3 is 9.64 Å². The Labute approximate surface area is 188 Å². The molecule has 166 valence electrons. The molecule has 1 aliphatic heterocycles. The molecular formula is C26H29N3O3. The number of ether oxygens (including phenoxy) is 1. The number of esters is 1. The van der Waals surface area contributed by atoms with Crippen LogP contribution in [0.2, 0.25) is 0 Å². The molecule has 0 bridgehead atoms. The van der Waals surface area contributed by atoms with Gasteiger partial charge >= 0.3 is 5.97 Å². The Morgan fingerprint density at radius 1 is 1.12 bits per heavy atom. The van der Waals surface area contributed by atoms with Crippen LogP contribution in [-0.2, 0) is 16.0 Å². The summed E-state index contributed by atoms with van der Waals surface area (Å²) < 4.78 is 7.17. The maximum atomic E-state index is 13.7. The molecular weight excluding hydrogens is 402 g/mol. The maximum Gasteiger partial charge on any atom is 0.312 e. The number of anilines is 1. The molecule has 0 aliphatic carbocycles. The molecule has 1 aromatic heterocycles. The smallest absolute Gasteiger partial charge is 0.312 e. The summed E-state index contributed by atoms with van der Waals surface area (Å²) in [6.07, 6.45) is 2.99. The Morgan fingerprint density at radius 3 is 2.59 bits per heavy atom. The summed E-state index contributed by atoms with van der Waals surface area (Å²) in [7, 11) is 0. The van der Waals surface area contributed by atoms with Gasteiger partial charge in [0.05, 0.1) is 23.4 Å². The van der Waals surface area contributed by atoms with Gasteiger partial charge in [-0.15, -0.1) is 0 Å². The monoisotopic (exact) mass is 431 g/mol. The largest absolute Gasteiger partial charge is 0.466 e. The van der Waals surface area contributed by atoms with Crippen molar-refractivity contribution in [2.45, 2.75) is 40.5 Å². The average molecular weight is 432 g/mol. The fourth-order valence-corrected chi connectivity index (χ4v) is 4.34. The van der Waals surface area contributed by atoms with Crippen molar-refractivity contribution in [3.63, 3.8) is 0 Å². The first-order valence-electron chi connectivity index (χ1n) is 11.0. The van der Waals surface area contributed by atoms with Gasteiger partial charge in [-0.25, -0.2) is 4.68 Å². The second-order valence-electron chi connectivity index (χ2n) is 8.69. The second kappa shape index (κ2) is 8.61. The second-order valence-corrected chi connectivity index (χ2v) is 8.69. The van der Waals surface area contributed by atoms with Gasteiger partial charge in [-0.2, -0.15) is 5.10 Å². The fourth-order valence-electron chi connectivity index (χ4n) is 4.34. The van der Waals surface area contributed by atoms with Crippen LogP contribution in [0.25, 0.3) is 5.69 Å². The molecule has 0 saturated carbocycles. The van der Waals surface area contributed by atoms with Crippen molar-refractivity contribution in [2.75, 3.05) is 18.1 Å². The van der Waals surface area contributed by atoms with Crippen molar-refractivity contribution < 1.29 is 14.3 Å². The molecule has 0 radical (unpaired) electrons. The van der Waals surface area contributed by atoms with E-state index in [0.717, 1.165) is 28.2 Å². The van der Waals surface area contributed by atoms with E-state index in [1.165, 1.54) is 0 Å². The third kappa shape index (κ3) is 4.05. The predicted molar refractivity (Wildman–Crippen MR) is 124 cm³/mol. The van der Waals surface area contributed by atoms with E-state index >= 15 is 0 Å². The van der Waals surface area contributed by atoms with E-state index in [-0.39, 0.29) is 11.9 Å². The summed E-state index contributed by atoms with van der Waals surface area (Å²) in [6.45, 7) is 8.44. The Morgan fingerprint density at radius 2 is 1.91 bits per heavy atom. The minimum atomic E-state index is -0.669. The number of benzene rings is 2. The zero-order valence-electron chi connectivity index (χ0n) is 19.1. The third-order valence-electron chi connectivity index (χ3n) is 6.19. The molecule has 0 fully saturated rings. The van der Waals surface area contributed by atoms with Gasteiger partial charge in [0.2, 0.25) is 0 Å². The quantitative estimate of drug-likeness (QED) is 0.564. The molecule has 1 atom stereocenters. The molecule has 6 nitrogen and oxygen atoms in total. The van der Waals surface area contributed by atoms with Crippen LogP contribution < -0.4 is 4.90 Å². The minimum absolute atomic E-state index is 0.0637. The zero-order chi connectivity index (χ0) is 22.9. The van der Waals surface area contributed by atoms with E-state index in [1.54, 1.807) is 4.90 Å². The number of carbonyl (C=O) groups is 2. The zero-order valence-corrected chi connectivity index (χ0v) is 19.1. The lowest BCUT2D eigenvalue weighted by molar-refractivity contribution is -0.154. The van der Waals surface area contributed by atoms with Crippen LogP contribution in [0.5, 0.6) is 0 Å². The Hall–Kier alpha value is -3.41. The van der Waals surface area contributed by atoms with Crippen molar-refractivity contribution in [1.29, 1.82) is 0 Å². The lowest BCUT2D eigenvalue weighted by Gasteiger charge is -2.26. The first-order chi connectivity index (χ1) is 15.3. The average Bonchev–Trinajstić information content (AvgIpc) is 3.14. The van der Waals surface area contributed by atoms with Crippen LogP contribution >= 0.6 is 0 Å². The van der Waals surface area contributed by atoms with Crippen molar-refractivity contribution in [3.8, 4) is 5.69 Å². The summed E-state index contributed by atoms with van der Waals surface area (Å²) in [5.74, 6) is -0.273. The lowest BCUT2D eigenvalue weighted by Crippen LogP contribution is -2.36. The van der Waals surface area contributed by atoms with Gasteiger partial charge in [0.15, 0.2) is 0 Å². The molecule has 0 unspecified atom stereocenters. The Kier molecular flexibility index (Phi) is 5.87. The number of para-hydroxylation sites is 1. The minimum Gasteiger partial charge on any atom is -0.466 e.